The molecule has 0 heterocycles. The Kier molecular flexibility index (Phi) is 3.11. The second-order valence-electron chi connectivity index (χ2n) is 2.21. The zero-order chi connectivity index (χ0) is 9.02. The highest BCUT2D eigenvalue weighted by molar-refractivity contribution is 5.96. The second kappa shape index (κ2) is 3.61. The Morgan fingerprint density at radius 3 is 2.09 bits per heavy atom. The third-order valence-electron chi connectivity index (χ3n) is 1.11. The van der Waals surface area contributed by atoms with E-state index in [4.69, 9.17) is 11.5 Å². The largest absolute Gasteiger partial charge is 0.399 e. The maximum Gasteiger partial charge on any atom is 0.161 e. The van der Waals surface area contributed by atoms with Gasteiger partial charge in [0.2, 0.25) is 0 Å². The molecule has 0 aromatic heterocycles. The summed E-state index contributed by atoms with van der Waals surface area (Å²) in [6.07, 6.45) is 1.41. The van der Waals surface area contributed by atoms with Crippen LogP contribution in [0.5, 0.6) is 0 Å². The Labute approximate surface area is 66.1 Å². The molecular weight excluding hydrogens is 140 g/mol. The van der Waals surface area contributed by atoms with Crippen molar-refractivity contribution >= 4 is 5.78 Å². The number of nitrogens with two attached hydrogens (primary N) is 2. The summed E-state index contributed by atoms with van der Waals surface area (Å²) in [5.41, 5.74) is 11.5. The van der Waals surface area contributed by atoms with Crippen LogP contribution in [0.4, 0.5) is 0 Å². The molecule has 0 saturated carbocycles. The molecule has 0 saturated heterocycles. The average Bonchev–Trinajstić information content (AvgIpc) is 1.84. The molecule has 60 valence electrons. The molecule has 3 heteroatoms. The van der Waals surface area contributed by atoms with Crippen LogP contribution in [0.3, 0.4) is 0 Å². The van der Waals surface area contributed by atoms with Crippen LogP contribution in [0.15, 0.2) is 36.2 Å². The molecule has 0 aromatic rings. The summed E-state index contributed by atoms with van der Waals surface area (Å²) in [6, 6.07) is 0. The molecule has 0 fully saturated rings. The molecule has 0 aliphatic heterocycles. The van der Waals surface area contributed by atoms with Gasteiger partial charge in [-0.25, -0.2) is 0 Å². The van der Waals surface area contributed by atoms with Crippen molar-refractivity contribution < 1.29 is 4.79 Å². The van der Waals surface area contributed by atoms with Gasteiger partial charge in [0.15, 0.2) is 5.78 Å². The van der Waals surface area contributed by atoms with Crippen molar-refractivity contribution in [3.63, 3.8) is 0 Å². The zero-order valence-corrected chi connectivity index (χ0v) is 6.55. The Bertz CT molecular complexity index is 238. The molecule has 3 nitrogen and oxygen atoms in total. The van der Waals surface area contributed by atoms with Gasteiger partial charge in [0, 0.05) is 17.0 Å². The van der Waals surface area contributed by atoms with Gasteiger partial charge in [-0.2, -0.15) is 0 Å². The van der Waals surface area contributed by atoms with Crippen molar-refractivity contribution in [1.29, 1.82) is 0 Å². The lowest BCUT2D eigenvalue weighted by atomic mass is 10.1. The molecule has 0 amide bonds. The minimum Gasteiger partial charge on any atom is -0.399 e. The highest BCUT2D eigenvalue weighted by Gasteiger charge is 2.02. The molecule has 0 rings (SSSR count). The Morgan fingerprint density at radius 1 is 1.36 bits per heavy atom. The van der Waals surface area contributed by atoms with Crippen LogP contribution in [-0.4, -0.2) is 5.78 Å². The van der Waals surface area contributed by atoms with Crippen LogP contribution in [0.25, 0.3) is 0 Å². The lowest BCUT2D eigenvalue weighted by Crippen LogP contribution is -2.08. The number of ketones is 1. The molecular formula is C8H12N2O. The zero-order valence-electron chi connectivity index (χ0n) is 6.55. The minimum atomic E-state index is -0.167. The van der Waals surface area contributed by atoms with E-state index in [1.165, 1.54) is 13.0 Å². The second-order valence-corrected chi connectivity index (χ2v) is 2.21. The number of carbonyl (C=O) groups excluding carboxylic acids is 1. The predicted molar refractivity (Wildman–Crippen MR) is 45.4 cm³/mol. The molecule has 0 atom stereocenters. The molecule has 0 aliphatic carbocycles. The molecule has 0 spiro atoms. The Morgan fingerprint density at radius 2 is 1.82 bits per heavy atom. The minimum absolute atomic E-state index is 0.167. The summed E-state index contributed by atoms with van der Waals surface area (Å²) in [5, 5.41) is 0. The lowest BCUT2D eigenvalue weighted by molar-refractivity contribution is -0.113. The first-order valence-corrected chi connectivity index (χ1v) is 3.07. The summed E-state index contributed by atoms with van der Waals surface area (Å²) in [6.45, 7) is 8.26. The van der Waals surface area contributed by atoms with Crippen molar-refractivity contribution in [1.82, 2.24) is 0 Å². The summed E-state index contributed by atoms with van der Waals surface area (Å²) in [5.74, 6) is -0.167. The van der Waals surface area contributed by atoms with E-state index in [0.29, 0.717) is 5.70 Å². The van der Waals surface area contributed by atoms with Crippen LogP contribution in [0.1, 0.15) is 6.92 Å². The standard InChI is InChI=1S/C8H12N2O/c1-5(9)4-8(10)6(2)7(3)11/h4H,1-2,9-10H2,3H3/b8-4+. The van der Waals surface area contributed by atoms with Gasteiger partial charge in [-0.05, 0) is 13.0 Å². The molecule has 4 N–H and O–H groups in total. The van der Waals surface area contributed by atoms with Gasteiger partial charge in [-0.3, -0.25) is 4.79 Å². The Balaban J connectivity index is 4.49. The van der Waals surface area contributed by atoms with Gasteiger partial charge in [0.1, 0.15) is 0 Å². The van der Waals surface area contributed by atoms with Gasteiger partial charge >= 0.3 is 0 Å². The van der Waals surface area contributed by atoms with Crippen molar-refractivity contribution in [3.8, 4) is 0 Å². The van der Waals surface area contributed by atoms with Crippen molar-refractivity contribution in [2.75, 3.05) is 0 Å². The van der Waals surface area contributed by atoms with Gasteiger partial charge < -0.3 is 11.5 Å². The smallest absolute Gasteiger partial charge is 0.161 e. The summed E-state index contributed by atoms with van der Waals surface area (Å²) in [4.78, 5) is 10.7. The van der Waals surface area contributed by atoms with Gasteiger partial charge in [-0.1, -0.05) is 13.2 Å². The normalized spacial score (nSPS) is 10.8. The quantitative estimate of drug-likeness (QED) is 0.455. The van der Waals surface area contributed by atoms with E-state index in [9.17, 15) is 4.79 Å². The van der Waals surface area contributed by atoms with E-state index in [0.717, 1.165) is 0 Å². The lowest BCUT2D eigenvalue weighted by Gasteiger charge is -2.00. The SMILES string of the molecule is C=C(N)/C=C(/N)C(=C)C(C)=O. The van der Waals surface area contributed by atoms with E-state index in [1.54, 1.807) is 0 Å². The van der Waals surface area contributed by atoms with Crippen LogP contribution in [-0.2, 0) is 4.79 Å². The van der Waals surface area contributed by atoms with Gasteiger partial charge in [-0.15, -0.1) is 0 Å². The molecule has 11 heavy (non-hydrogen) atoms. The first-order valence-electron chi connectivity index (χ1n) is 3.07. The van der Waals surface area contributed by atoms with Crippen LogP contribution < -0.4 is 11.5 Å². The maximum atomic E-state index is 10.7. The molecule has 0 unspecified atom stereocenters. The number of hydrogen-bond donors (Lipinski definition) is 2. The average molecular weight is 152 g/mol. The number of Topliss-reactive ketones (excluding diaryl/α,β-unsaturated/α-hetero) is 1. The number of carbonyl (C=O) groups is 1. The fourth-order valence-electron chi connectivity index (χ4n) is 0.490. The van der Waals surface area contributed by atoms with Crippen LogP contribution >= 0.6 is 0 Å². The molecule has 0 bridgehead atoms. The fraction of sp³-hybridized carbons (Fsp3) is 0.125. The summed E-state index contributed by atoms with van der Waals surface area (Å²) >= 11 is 0. The fourth-order valence-corrected chi connectivity index (χ4v) is 0.490. The molecule has 0 aliphatic rings. The summed E-state index contributed by atoms with van der Waals surface area (Å²) in [7, 11) is 0. The number of hydrogen-bond acceptors (Lipinski definition) is 3. The highest BCUT2D eigenvalue weighted by Crippen LogP contribution is 2.02. The van der Waals surface area contributed by atoms with E-state index in [2.05, 4.69) is 13.2 Å². The monoisotopic (exact) mass is 152 g/mol. The summed E-state index contributed by atoms with van der Waals surface area (Å²) < 4.78 is 0. The van der Waals surface area contributed by atoms with Crippen LogP contribution in [0, 0.1) is 0 Å². The van der Waals surface area contributed by atoms with Crippen molar-refractivity contribution in [2.45, 2.75) is 6.92 Å². The topological polar surface area (TPSA) is 69.1 Å². The molecule has 0 radical (unpaired) electrons. The first kappa shape index (κ1) is 9.49. The van der Waals surface area contributed by atoms with E-state index in [1.807, 2.05) is 0 Å². The van der Waals surface area contributed by atoms with Crippen molar-refractivity contribution in [2.24, 2.45) is 11.5 Å². The molecule has 0 aromatic carbocycles. The third-order valence-corrected chi connectivity index (χ3v) is 1.11. The van der Waals surface area contributed by atoms with E-state index >= 15 is 0 Å². The van der Waals surface area contributed by atoms with Gasteiger partial charge in [0.25, 0.3) is 0 Å². The predicted octanol–water partition coefficient (Wildman–Crippen LogP) is 0.447. The van der Waals surface area contributed by atoms with Gasteiger partial charge in [0.05, 0.1) is 0 Å². The van der Waals surface area contributed by atoms with Crippen LogP contribution in [0.2, 0.25) is 0 Å². The van der Waals surface area contributed by atoms with Crippen molar-refractivity contribution in [3.05, 3.63) is 36.2 Å². The van der Waals surface area contributed by atoms with E-state index in [-0.39, 0.29) is 17.1 Å². The number of rotatable bonds is 3. The number of allylic oxidation sites excluding steroid dienone is 2. The Hall–Kier alpha value is -1.51. The maximum absolute atomic E-state index is 10.7. The third kappa shape index (κ3) is 3.25. The first-order chi connectivity index (χ1) is 4.95. The highest BCUT2D eigenvalue weighted by atomic mass is 16.1. The van der Waals surface area contributed by atoms with E-state index < -0.39 is 0 Å².